The molecule has 1 aromatic rings. The summed E-state index contributed by atoms with van der Waals surface area (Å²) in [6.45, 7) is 4.51. The van der Waals surface area contributed by atoms with Crippen LogP contribution in [0.15, 0.2) is 18.2 Å². The minimum atomic E-state index is -0.907. The summed E-state index contributed by atoms with van der Waals surface area (Å²) in [6, 6.07) is 3.18. The second-order valence-electron chi connectivity index (χ2n) is 4.16. The van der Waals surface area contributed by atoms with E-state index in [1.165, 1.54) is 6.07 Å². The van der Waals surface area contributed by atoms with Crippen LogP contribution in [0.25, 0.3) is 0 Å². The summed E-state index contributed by atoms with van der Waals surface area (Å²) in [5.41, 5.74) is -0.284. The quantitative estimate of drug-likeness (QED) is 0.604. The van der Waals surface area contributed by atoms with Crippen LogP contribution in [0.3, 0.4) is 0 Å². The molecule has 0 radical (unpaired) electrons. The van der Waals surface area contributed by atoms with Crippen molar-refractivity contribution in [3.05, 3.63) is 39.7 Å². The topological polar surface area (TPSA) is 75.4 Å². The zero-order valence-corrected chi connectivity index (χ0v) is 10.4. The zero-order valence-electron chi connectivity index (χ0n) is 10.4. The van der Waals surface area contributed by atoms with Crippen LogP contribution < -0.4 is 5.32 Å². The number of hydrogen-bond acceptors (Lipinski definition) is 4. The van der Waals surface area contributed by atoms with Crippen molar-refractivity contribution in [2.45, 2.75) is 32.4 Å². The summed E-state index contributed by atoms with van der Waals surface area (Å²) in [4.78, 5) is 9.81. The minimum Gasteiger partial charge on any atom is -0.387 e. The molecule has 0 saturated heterocycles. The van der Waals surface area contributed by atoms with Crippen LogP contribution in [-0.2, 0) is 0 Å². The van der Waals surface area contributed by atoms with Crippen molar-refractivity contribution in [1.29, 1.82) is 0 Å². The third-order valence-electron chi connectivity index (χ3n) is 2.70. The fraction of sp³-hybridized carbons (Fsp3) is 0.500. The molecule has 0 spiro atoms. The van der Waals surface area contributed by atoms with E-state index in [9.17, 15) is 19.6 Å². The molecule has 6 heteroatoms. The van der Waals surface area contributed by atoms with E-state index in [-0.39, 0.29) is 6.04 Å². The molecule has 0 aliphatic rings. The van der Waals surface area contributed by atoms with E-state index in [0.29, 0.717) is 5.56 Å². The summed E-state index contributed by atoms with van der Waals surface area (Å²) in [5, 5.41) is 23.7. The van der Waals surface area contributed by atoms with Crippen molar-refractivity contribution >= 4 is 5.69 Å². The Bertz CT molecular complexity index is 426. The molecule has 18 heavy (non-hydrogen) atoms. The van der Waals surface area contributed by atoms with Gasteiger partial charge in [0.05, 0.1) is 11.0 Å². The maximum atomic E-state index is 13.1. The third kappa shape index (κ3) is 3.48. The van der Waals surface area contributed by atoms with Crippen molar-refractivity contribution in [2.24, 2.45) is 0 Å². The maximum Gasteiger partial charge on any atom is 0.305 e. The largest absolute Gasteiger partial charge is 0.387 e. The standard InChI is InChI=1S/C12H17FN2O3/c1-3-6-14-8(2)12(16)9-4-5-10(13)11(7-9)15(17)18/h4-5,7-8,12,14,16H,3,6H2,1-2H3. The summed E-state index contributed by atoms with van der Waals surface area (Å²) < 4.78 is 13.1. The minimum absolute atomic E-state index is 0.255. The van der Waals surface area contributed by atoms with Gasteiger partial charge in [0.15, 0.2) is 0 Å². The number of nitrogens with zero attached hydrogens (tertiary/aromatic N) is 1. The van der Waals surface area contributed by atoms with E-state index >= 15 is 0 Å². The number of nitrogens with one attached hydrogen (secondary N) is 1. The predicted molar refractivity (Wildman–Crippen MR) is 65.8 cm³/mol. The van der Waals surface area contributed by atoms with Crippen LogP contribution in [-0.4, -0.2) is 22.6 Å². The van der Waals surface area contributed by atoms with Gasteiger partial charge in [-0.2, -0.15) is 4.39 Å². The number of aliphatic hydroxyl groups excluding tert-OH is 1. The lowest BCUT2D eigenvalue weighted by atomic mass is 10.0. The molecule has 2 unspecified atom stereocenters. The summed E-state index contributed by atoms with van der Waals surface area (Å²) in [7, 11) is 0. The molecule has 0 aliphatic carbocycles. The smallest absolute Gasteiger partial charge is 0.305 e. The molecule has 0 heterocycles. The first-order valence-electron chi connectivity index (χ1n) is 5.82. The van der Waals surface area contributed by atoms with Crippen molar-refractivity contribution in [3.8, 4) is 0 Å². The van der Waals surface area contributed by atoms with Crippen LogP contribution in [0.5, 0.6) is 0 Å². The number of nitro groups is 1. The zero-order chi connectivity index (χ0) is 13.7. The number of benzene rings is 1. The number of aliphatic hydroxyl groups is 1. The first-order chi connectivity index (χ1) is 8.47. The van der Waals surface area contributed by atoms with Crippen molar-refractivity contribution < 1.29 is 14.4 Å². The number of halogens is 1. The van der Waals surface area contributed by atoms with E-state index in [0.717, 1.165) is 25.1 Å². The van der Waals surface area contributed by atoms with Crippen molar-refractivity contribution in [1.82, 2.24) is 5.32 Å². The van der Waals surface area contributed by atoms with Gasteiger partial charge in [-0.1, -0.05) is 13.0 Å². The molecule has 0 fully saturated rings. The SMILES string of the molecule is CCCNC(C)C(O)c1ccc(F)c([N+](=O)[O-])c1. The van der Waals surface area contributed by atoms with E-state index in [2.05, 4.69) is 5.32 Å². The van der Waals surface area contributed by atoms with Gasteiger partial charge in [0.1, 0.15) is 0 Å². The molecule has 0 aromatic heterocycles. The Morgan fingerprint density at radius 3 is 2.78 bits per heavy atom. The fourth-order valence-corrected chi connectivity index (χ4v) is 1.63. The van der Waals surface area contributed by atoms with Gasteiger partial charge in [0, 0.05) is 12.1 Å². The Morgan fingerprint density at radius 1 is 1.56 bits per heavy atom. The molecule has 0 bridgehead atoms. The molecule has 2 N–H and O–H groups in total. The van der Waals surface area contributed by atoms with Crippen LogP contribution in [0, 0.1) is 15.9 Å². The molecule has 5 nitrogen and oxygen atoms in total. The van der Waals surface area contributed by atoms with Gasteiger partial charge in [-0.3, -0.25) is 10.1 Å². The van der Waals surface area contributed by atoms with Gasteiger partial charge in [0.2, 0.25) is 5.82 Å². The van der Waals surface area contributed by atoms with Crippen molar-refractivity contribution in [2.75, 3.05) is 6.54 Å². The molecule has 100 valence electrons. The Hall–Kier alpha value is -1.53. The fourth-order valence-electron chi connectivity index (χ4n) is 1.63. The molecule has 1 rings (SSSR count). The molecular weight excluding hydrogens is 239 g/mol. The number of rotatable bonds is 6. The molecule has 0 saturated carbocycles. The third-order valence-corrected chi connectivity index (χ3v) is 2.70. The van der Waals surface area contributed by atoms with Gasteiger partial charge in [-0.25, -0.2) is 0 Å². The maximum absolute atomic E-state index is 13.1. The highest BCUT2D eigenvalue weighted by atomic mass is 19.1. The first kappa shape index (κ1) is 14.5. The Labute approximate surface area is 105 Å². The normalized spacial score (nSPS) is 14.2. The van der Waals surface area contributed by atoms with Crippen LogP contribution in [0.4, 0.5) is 10.1 Å². The van der Waals surface area contributed by atoms with Gasteiger partial charge >= 0.3 is 5.69 Å². The summed E-state index contributed by atoms with van der Waals surface area (Å²) in [5.74, 6) is -0.898. The average molecular weight is 256 g/mol. The molecular formula is C12H17FN2O3. The highest BCUT2D eigenvalue weighted by Crippen LogP contribution is 2.24. The van der Waals surface area contributed by atoms with E-state index < -0.39 is 22.5 Å². The van der Waals surface area contributed by atoms with Crippen LogP contribution in [0.2, 0.25) is 0 Å². The lowest BCUT2D eigenvalue weighted by Crippen LogP contribution is -2.32. The van der Waals surface area contributed by atoms with Gasteiger partial charge < -0.3 is 10.4 Å². The Morgan fingerprint density at radius 2 is 2.22 bits per heavy atom. The van der Waals surface area contributed by atoms with Crippen LogP contribution >= 0.6 is 0 Å². The summed E-state index contributed by atoms with van der Waals surface area (Å²) in [6.07, 6.45) is 0.0107. The predicted octanol–water partition coefficient (Wildman–Crippen LogP) is 2.16. The molecule has 0 amide bonds. The highest BCUT2D eigenvalue weighted by Gasteiger charge is 2.21. The van der Waals surface area contributed by atoms with E-state index in [1.807, 2.05) is 6.92 Å². The van der Waals surface area contributed by atoms with E-state index in [1.54, 1.807) is 6.92 Å². The lowest BCUT2D eigenvalue weighted by molar-refractivity contribution is -0.387. The van der Waals surface area contributed by atoms with Crippen molar-refractivity contribution in [3.63, 3.8) is 0 Å². The molecule has 2 atom stereocenters. The highest BCUT2D eigenvalue weighted by molar-refractivity contribution is 5.37. The van der Waals surface area contributed by atoms with E-state index in [4.69, 9.17) is 0 Å². The summed E-state index contributed by atoms with van der Waals surface area (Å²) >= 11 is 0. The Balaban J connectivity index is 2.89. The monoisotopic (exact) mass is 256 g/mol. The number of nitro benzene ring substituents is 1. The van der Waals surface area contributed by atoms with Gasteiger partial charge in [0.25, 0.3) is 0 Å². The number of hydrogen-bond donors (Lipinski definition) is 2. The Kier molecular flexibility index (Phi) is 5.18. The van der Waals surface area contributed by atoms with Gasteiger partial charge in [-0.15, -0.1) is 0 Å². The second-order valence-corrected chi connectivity index (χ2v) is 4.16. The molecule has 1 aromatic carbocycles. The first-order valence-corrected chi connectivity index (χ1v) is 5.82. The van der Waals surface area contributed by atoms with Gasteiger partial charge in [-0.05, 0) is 31.5 Å². The molecule has 0 aliphatic heterocycles. The lowest BCUT2D eigenvalue weighted by Gasteiger charge is -2.20. The second kappa shape index (κ2) is 6.42. The average Bonchev–Trinajstić information content (AvgIpc) is 2.35. The van der Waals surface area contributed by atoms with Crippen LogP contribution in [0.1, 0.15) is 31.9 Å².